The van der Waals surface area contributed by atoms with Crippen LogP contribution in [0, 0.1) is 5.82 Å². The lowest BCUT2D eigenvalue weighted by Crippen LogP contribution is -2.16. The van der Waals surface area contributed by atoms with Crippen molar-refractivity contribution in [3.63, 3.8) is 0 Å². The van der Waals surface area contributed by atoms with E-state index in [2.05, 4.69) is 15.0 Å². The number of benzene rings is 1. The molecule has 4 rings (SSSR count). The normalized spacial score (nSPS) is 16.9. The quantitative estimate of drug-likeness (QED) is 0.714. The van der Waals surface area contributed by atoms with Gasteiger partial charge in [-0.15, -0.1) is 0 Å². The van der Waals surface area contributed by atoms with Crippen LogP contribution in [0.2, 0.25) is 0 Å². The minimum atomic E-state index is -0.335. The fourth-order valence-electron chi connectivity index (χ4n) is 2.78. The summed E-state index contributed by atoms with van der Waals surface area (Å²) in [5, 5.41) is 0. The average molecular weight is 340 g/mol. The molecule has 1 aromatic carbocycles. The number of ether oxygens (including phenoxy) is 2. The number of halogens is 1. The molecule has 1 aliphatic heterocycles. The van der Waals surface area contributed by atoms with E-state index in [1.54, 1.807) is 41.7 Å². The van der Waals surface area contributed by atoms with Gasteiger partial charge in [0.05, 0.1) is 6.10 Å². The maximum absolute atomic E-state index is 13.7. The van der Waals surface area contributed by atoms with E-state index in [4.69, 9.17) is 9.47 Å². The third-order valence-electron chi connectivity index (χ3n) is 4.07. The Hall–Kier alpha value is -2.80. The van der Waals surface area contributed by atoms with Crippen molar-refractivity contribution < 1.29 is 13.9 Å². The van der Waals surface area contributed by atoms with Gasteiger partial charge < -0.3 is 9.47 Å². The first kappa shape index (κ1) is 15.7. The summed E-state index contributed by atoms with van der Waals surface area (Å²) in [5.74, 6) is 0.758. The third-order valence-corrected chi connectivity index (χ3v) is 4.07. The molecular formula is C18H17FN4O2. The zero-order valence-corrected chi connectivity index (χ0v) is 13.5. The molecule has 0 N–H and O–H groups in total. The lowest BCUT2D eigenvalue weighted by molar-refractivity contribution is 0.0681. The molecule has 0 spiro atoms. The van der Waals surface area contributed by atoms with E-state index in [9.17, 15) is 4.39 Å². The van der Waals surface area contributed by atoms with E-state index in [1.807, 2.05) is 0 Å². The van der Waals surface area contributed by atoms with Crippen LogP contribution in [0.25, 0.3) is 17.1 Å². The molecule has 25 heavy (non-hydrogen) atoms. The fraction of sp³-hybridized carbons (Fsp3) is 0.278. The third kappa shape index (κ3) is 3.51. The van der Waals surface area contributed by atoms with E-state index >= 15 is 0 Å². The van der Waals surface area contributed by atoms with E-state index in [0.29, 0.717) is 29.4 Å². The number of nitrogens with zero attached hydrogens (tertiary/aromatic N) is 4. The molecule has 0 aliphatic carbocycles. The highest BCUT2D eigenvalue weighted by atomic mass is 19.1. The largest absolute Gasteiger partial charge is 0.490 e. The van der Waals surface area contributed by atoms with Crippen LogP contribution in [0.15, 0.2) is 49.3 Å². The lowest BCUT2D eigenvalue weighted by Gasteiger charge is -2.15. The number of rotatable bonds is 5. The minimum absolute atomic E-state index is 0.0952. The first-order valence-corrected chi connectivity index (χ1v) is 8.14. The maximum atomic E-state index is 13.7. The molecule has 2 aromatic heterocycles. The number of aromatic nitrogens is 4. The molecule has 0 saturated carbocycles. The number of hydrogen-bond acceptors (Lipinski definition) is 5. The Balaban J connectivity index is 1.58. The van der Waals surface area contributed by atoms with Crippen molar-refractivity contribution in [1.29, 1.82) is 0 Å². The molecule has 0 radical (unpaired) electrons. The summed E-state index contributed by atoms with van der Waals surface area (Å²) in [6, 6.07) is 4.44. The first-order chi connectivity index (χ1) is 12.3. The SMILES string of the molecule is Fc1ccc(OCC2CCCO2)c(-c2cnc(-n3ccnc3)nc2)c1. The Labute approximate surface area is 144 Å². The van der Waals surface area contributed by atoms with Crippen LogP contribution in [0.1, 0.15) is 12.8 Å². The van der Waals surface area contributed by atoms with Crippen LogP contribution in [0.4, 0.5) is 4.39 Å². The van der Waals surface area contributed by atoms with Crippen LogP contribution in [-0.4, -0.2) is 38.8 Å². The van der Waals surface area contributed by atoms with Crippen molar-refractivity contribution >= 4 is 0 Å². The lowest BCUT2D eigenvalue weighted by atomic mass is 10.1. The Morgan fingerprint density at radius 3 is 2.88 bits per heavy atom. The summed E-state index contributed by atoms with van der Waals surface area (Å²) in [5.41, 5.74) is 1.31. The van der Waals surface area contributed by atoms with Gasteiger partial charge in [0.1, 0.15) is 24.5 Å². The van der Waals surface area contributed by atoms with E-state index in [-0.39, 0.29) is 11.9 Å². The van der Waals surface area contributed by atoms with Gasteiger partial charge in [0.2, 0.25) is 5.95 Å². The Kier molecular flexibility index (Phi) is 4.39. The van der Waals surface area contributed by atoms with Crippen molar-refractivity contribution in [3.05, 3.63) is 55.1 Å². The van der Waals surface area contributed by atoms with Gasteiger partial charge in [-0.2, -0.15) is 0 Å². The van der Waals surface area contributed by atoms with Gasteiger partial charge in [-0.25, -0.2) is 19.3 Å². The van der Waals surface area contributed by atoms with E-state index < -0.39 is 0 Å². The molecule has 6 nitrogen and oxygen atoms in total. The van der Waals surface area contributed by atoms with Gasteiger partial charge in [0.15, 0.2) is 0 Å². The molecule has 7 heteroatoms. The zero-order chi connectivity index (χ0) is 17.1. The van der Waals surface area contributed by atoms with Crippen LogP contribution >= 0.6 is 0 Å². The van der Waals surface area contributed by atoms with E-state index in [0.717, 1.165) is 19.4 Å². The minimum Gasteiger partial charge on any atom is -0.490 e. The molecule has 1 atom stereocenters. The van der Waals surface area contributed by atoms with Crippen molar-refractivity contribution in [1.82, 2.24) is 19.5 Å². The van der Waals surface area contributed by atoms with Crippen LogP contribution in [-0.2, 0) is 4.74 Å². The standard InChI is InChI=1S/C18H17FN4O2/c19-14-3-4-17(25-11-15-2-1-7-24-15)16(8-14)13-9-21-18(22-10-13)23-6-5-20-12-23/h3-6,8-10,12,15H,1-2,7,11H2. The molecule has 3 aromatic rings. The number of imidazole rings is 1. The summed E-state index contributed by atoms with van der Waals surface area (Å²) in [7, 11) is 0. The highest BCUT2D eigenvalue weighted by Crippen LogP contribution is 2.31. The van der Waals surface area contributed by atoms with Gasteiger partial charge in [0.25, 0.3) is 0 Å². The molecule has 1 saturated heterocycles. The summed E-state index contributed by atoms with van der Waals surface area (Å²) in [6.45, 7) is 1.22. The van der Waals surface area contributed by atoms with Crippen LogP contribution in [0.5, 0.6) is 5.75 Å². The van der Waals surface area contributed by atoms with Crippen LogP contribution in [0.3, 0.4) is 0 Å². The van der Waals surface area contributed by atoms with Crippen molar-refractivity contribution in [2.45, 2.75) is 18.9 Å². The molecular weight excluding hydrogens is 323 g/mol. The van der Waals surface area contributed by atoms with Crippen molar-refractivity contribution in [2.24, 2.45) is 0 Å². The fourth-order valence-corrected chi connectivity index (χ4v) is 2.78. The highest BCUT2D eigenvalue weighted by Gasteiger charge is 2.17. The second-order valence-electron chi connectivity index (χ2n) is 5.83. The highest BCUT2D eigenvalue weighted by molar-refractivity contribution is 5.69. The predicted octanol–water partition coefficient (Wildman–Crippen LogP) is 3.03. The Morgan fingerprint density at radius 1 is 1.28 bits per heavy atom. The van der Waals surface area contributed by atoms with Gasteiger partial charge in [-0.05, 0) is 31.0 Å². The predicted molar refractivity (Wildman–Crippen MR) is 89.0 cm³/mol. The molecule has 1 fully saturated rings. The topological polar surface area (TPSA) is 62.1 Å². The monoisotopic (exact) mass is 340 g/mol. The summed E-state index contributed by atoms with van der Waals surface area (Å²) < 4.78 is 26.9. The Morgan fingerprint density at radius 2 is 2.16 bits per heavy atom. The van der Waals surface area contributed by atoms with Gasteiger partial charge in [-0.1, -0.05) is 0 Å². The maximum Gasteiger partial charge on any atom is 0.234 e. The molecule has 1 unspecified atom stereocenters. The molecule has 0 bridgehead atoms. The molecule has 1 aliphatic rings. The molecule has 128 valence electrons. The Bertz CT molecular complexity index is 831. The zero-order valence-electron chi connectivity index (χ0n) is 13.5. The molecule has 3 heterocycles. The summed E-state index contributed by atoms with van der Waals surface area (Å²) >= 11 is 0. The van der Waals surface area contributed by atoms with Crippen molar-refractivity contribution in [3.8, 4) is 22.8 Å². The average Bonchev–Trinajstić information content (AvgIpc) is 3.35. The number of hydrogen-bond donors (Lipinski definition) is 0. The van der Waals surface area contributed by atoms with Crippen molar-refractivity contribution in [2.75, 3.05) is 13.2 Å². The van der Waals surface area contributed by atoms with Gasteiger partial charge >= 0.3 is 0 Å². The molecule has 0 amide bonds. The van der Waals surface area contributed by atoms with E-state index in [1.165, 1.54) is 12.1 Å². The van der Waals surface area contributed by atoms with Crippen LogP contribution < -0.4 is 4.74 Å². The van der Waals surface area contributed by atoms with Gasteiger partial charge in [-0.3, -0.25) is 4.57 Å². The summed E-state index contributed by atoms with van der Waals surface area (Å²) in [6.07, 6.45) is 10.5. The second-order valence-corrected chi connectivity index (χ2v) is 5.83. The smallest absolute Gasteiger partial charge is 0.234 e. The second kappa shape index (κ2) is 6.98. The summed E-state index contributed by atoms with van der Waals surface area (Å²) in [4.78, 5) is 12.6. The first-order valence-electron chi connectivity index (χ1n) is 8.14. The van der Waals surface area contributed by atoms with Gasteiger partial charge in [0, 0.05) is 42.5 Å².